The van der Waals surface area contributed by atoms with Crippen LogP contribution >= 0.6 is 0 Å². The van der Waals surface area contributed by atoms with E-state index in [1.54, 1.807) is 0 Å². The number of para-hydroxylation sites is 3. The fourth-order valence-electron chi connectivity index (χ4n) is 10.3. The Morgan fingerprint density at radius 1 is 0.692 bits per heavy atom. The summed E-state index contributed by atoms with van der Waals surface area (Å²) < 4.78 is 4.86. The fourth-order valence-corrected chi connectivity index (χ4v) is 10.3. The van der Waals surface area contributed by atoms with Gasteiger partial charge in [-0.2, -0.15) is 0 Å². The minimum atomic E-state index is -0.312. The van der Waals surface area contributed by atoms with Crippen molar-refractivity contribution in [1.29, 1.82) is 0 Å². The summed E-state index contributed by atoms with van der Waals surface area (Å²) in [5, 5.41) is 9.86. The van der Waals surface area contributed by atoms with Crippen LogP contribution in [0.3, 0.4) is 0 Å². The molecule has 0 radical (unpaired) electrons. The maximum atomic E-state index is 7.26. The highest BCUT2D eigenvalue weighted by Crippen LogP contribution is 2.42. The number of anilines is 1. The Morgan fingerprint density at radius 3 is 2.08 bits per heavy atom. The highest BCUT2D eigenvalue weighted by Gasteiger charge is 2.34. The first kappa shape index (κ1) is 39.8. The number of nitrogens with two attached hydrogens (primary N) is 1. The van der Waals surface area contributed by atoms with E-state index < -0.39 is 0 Å². The second kappa shape index (κ2) is 16.6. The standard InChI is InChI=1S/C60H51N5/c1-4-20-50-52-38-42(31-33-56(52)63(54(50)5-2)47-23-12-7-13-24-47)44-35-45(43-32-34-57-53(39-43)51-29-18-19-30-55(51)64(57)48-25-14-8-15-26-48)37-46(36-44)60-62-58(40(3)41-21-10-6-11-22-41)59(61)65(60)49-27-16-9-17-28-49/h4-10,12-21,23-25,27-39,48,60,62H,1,3,11,22,26,61H2,2H3/b50-20-,54-5+. The molecule has 2 atom stereocenters. The highest BCUT2D eigenvalue weighted by molar-refractivity contribution is 6.09. The summed E-state index contributed by atoms with van der Waals surface area (Å²) in [7, 11) is 0. The molecule has 3 aliphatic rings. The van der Waals surface area contributed by atoms with E-state index in [1.165, 1.54) is 27.4 Å². The molecule has 3 N–H and O–H groups in total. The molecule has 5 nitrogen and oxygen atoms in total. The monoisotopic (exact) mass is 841 g/mol. The van der Waals surface area contributed by atoms with Gasteiger partial charge >= 0.3 is 0 Å². The van der Waals surface area contributed by atoms with E-state index in [9.17, 15) is 0 Å². The lowest BCUT2D eigenvalue weighted by molar-refractivity contribution is 0.646. The Balaban J connectivity index is 1.13. The Bertz CT molecular complexity index is 3500. The molecular formula is C60H51N5. The Labute approximate surface area is 380 Å². The third-order valence-corrected chi connectivity index (χ3v) is 13.3. The summed E-state index contributed by atoms with van der Waals surface area (Å²) in [6.45, 7) is 10.9. The molecule has 2 aliphatic carbocycles. The number of fused-ring (bicyclic) bond motifs is 4. The largest absolute Gasteiger partial charge is 0.383 e. The molecule has 8 aromatic rings. The van der Waals surface area contributed by atoms with Gasteiger partial charge in [-0.3, -0.25) is 0 Å². The van der Waals surface area contributed by atoms with Crippen LogP contribution < -0.4 is 26.5 Å². The second-order valence-electron chi connectivity index (χ2n) is 17.1. The number of benzene rings is 6. The Hall–Kier alpha value is -8.02. The second-order valence-corrected chi connectivity index (χ2v) is 17.1. The highest BCUT2D eigenvalue weighted by atomic mass is 15.4. The third-order valence-electron chi connectivity index (χ3n) is 13.3. The molecule has 1 aliphatic heterocycles. The van der Waals surface area contributed by atoms with Crippen molar-refractivity contribution in [1.82, 2.24) is 14.5 Å². The van der Waals surface area contributed by atoms with Gasteiger partial charge in [-0.15, -0.1) is 0 Å². The van der Waals surface area contributed by atoms with Crippen molar-refractivity contribution in [3.05, 3.63) is 240 Å². The van der Waals surface area contributed by atoms with Crippen molar-refractivity contribution >= 4 is 50.5 Å². The first-order valence-corrected chi connectivity index (χ1v) is 22.7. The van der Waals surface area contributed by atoms with Crippen LogP contribution in [0, 0.1) is 0 Å². The lowest BCUT2D eigenvalue weighted by Crippen LogP contribution is -2.31. The first-order valence-electron chi connectivity index (χ1n) is 22.7. The van der Waals surface area contributed by atoms with Gasteiger partial charge in [-0.25, -0.2) is 0 Å². The smallest absolute Gasteiger partial charge is 0.131 e. The number of hydrogen-bond acceptors (Lipinski definition) is 3. The molecule has 0 spiro atoms. The average Bonchev–Trinajstić information content (AvgIpc) is 4.01. The normalized spacial score (nSPS) is 17.7. The molecule has 0 saturated carbocycles. The minimum absolute atomic E-state index is 0.253. The molecular weight excluding hydrogens is 791 g/mol. The van der Waals surface area contributed by atoms with Crippen LogP contribution in [0.25, 0.3) is 72.8 Å². The van der Waals surface area contributed by atoms with Crippen molar-refractivity contribution in [2.24, 2.45) is 5.73 Å². The molecule has 316 valence electrons. The number of aromatic nitrogens is 2. The minimum Gasteiger partial charge on any atom is -0.383 e. The molecule has 65 heavy (non-hydrogen) atoms. The van der Waals surface area contributed by atoms with Gasteiger partial charge in [0.15, 0.2) is 0 Å². The van der Waals surface area contributed by atoms with Gasteiger partial charge in [0.1, 0.15) is 12.0 Å². The van der Waals surface area contributed by atoms with Gasteiger partial charge in [-0.05, 0) is 138 Å². The molecule has 2 unspecified atom stereocenters. The van der Waals surface area contributed by atoms with Gasteiger partial charge in [0, 0.05) is 49.1 Å². The van der Waals surface area contributed by atoms with Gasteiger partial charge in [0.2, 0.25) is 0 Å². The summed E-state index contributed by atoms with van der Waals surface area (Å²) in [5.74, 6) is 0.658. The van der Waals surface area contributed by atoms with E-state index in [0.717, 1.165) is 91.2 Å². The van der Waals surface area contributed by atoms with Gasteiger partial charge in [0.25, 0.3) is 0 Å². The maximum absolute atomic E-state index is 7.26. The fraction of sp³-hybridized carbons (Fsp3) is 0.100. The molecule has 0 bridgehead atoms. The van der Waals surface area contributed by atoms with E-state index in [0.29, 0.717) is 5.82 Å². The molecule has 0 fully saturated rings. The SMILES string of the molecule is C=C/C=c1\c(=C/C)n(-c2ccccc2)c2ccc(-c3cc(-c4ccc5c(c4)c4ccccc4n5C4C=CC=CC4)cc(C4NC(C(=C)C5=CC=CCC5)=C(N)N4c4ccccc4)c3)cc12. The first-order chi connectivity index (χ1) is 32.0. The summed E-state index contributed by atoms with van der Waals surface area (Å²) in [6, 6.07) is 51.1. The Kier molecular flexibility index (Phi) is 10.2. The van der Waals surface area contributed by atoms with Gasteiger partial charge in [-0.1, -0.05) is 141 Å². The van der Waals surface area contributed by atoms with Crippen molar-refractivity contribution in [3.8, 4) is 27.9 Å². The molecule has 2 aromatic heterocycles. The van der Waals surface area contributed by atoms with Gasteiger partial charge < -0.3 is 25.1 Å². The van der Waals surface area contributed by atoms with Crippen LogP contribution in [0.5, 0.6) is 0 Å². The molecule has 11 rings (SSSR count). The number of nitrogens with zero attached hydrogens (tertiary/aromatic N) is 3. The number of nitrogens with one attached hydrogen (secondary N) is 1. The molecule has 0 amide bonds. The van der Waals surface area contributed by atoms with Crippen LogP contribution in [0.2, 0.25) is 0 Å². The summed E-state index contributed by atoms with van der Waals surface area (Å²) in [5.41, 5.74) is 21.6. The van der Waals surface area contributed by atoms with Crippen LogP contribution in [-0.4, -0.2) is 9.13 Å². The lowest BCUT2D eigenvalue weighted by atomic mass is 9.93. The molecule has 3 heterocycles. The Morgan fingerprint density at radius 2 is 1.38 bits per heavy atom. The third kappa shape index (κ3) is 6.88. The number of rotatable bonds is 9. The van der Waals surface area contributed by atoms with E-state index in [2.05, 4.69) is 234 Å². The van der Waals surface area contributed by atoms with Crippen molar-refractivity contribution in [2.75, 3.05) is 4.90 Å². The summed E-state index contributed by atoms with van der Waals surface area (Å²) in [6.07, 6.45) is 24.2. The zero-order valence-electron chi connectivity index (χ0n) is 36.7. The predicted molar refractivity (Wildman–Crippen MR) is 275 cm³/mol. The van der Waals surface area contributed by atoms with Crippen LogP contribution in [0.4, 0.5) is 5.69 Å². The number of allylic oxidation sites excluding steroid dienone is 9. The lowest BCUT2D eigenvalue weighted by Gasteiger charge is -2.29. The molecule has 6 aromatic carbocycles. The topological polar surface area (TPSA) is 51.1 Å². The van der Waals surface area contributed by atoms with Crippen molar-refractivity contribution in [3.63, 3.8) is 0 Å². The zero-order chi connectivity index (χ0) is 44.0. The quantitative estimate of drug-likeness (QED) is 0.152. The molecule has 5 heteroatoms. The molecule has 0 saturated heterocycles. The van der Waals surface area contributed by atoms with Crippen molar-refractivity contribution < 1.29 is 0 Å². The van der Waals surface area contributed by atoms with Crippen LogP contribution in [-0.2, 0) is 0 Å². The maximum Gasteiger partial charge on any atom is 0.131 e. The predicted octanol–water partition coefficient (Wildman–Crippen LogP) is 13.0. The number of hydrogen-bond donors (Lipinski definition) is 2. The summed E-state index contributed by atoms with van der Waals surface area (Å²) in [4.78, 5) is 2.23. The van der Waals surface area contributed by atoms with Gasteiger partial charge in [0.05, 0.1) is 17.3 Å². The average molecular weight is 842 g/mol. The zero-order valence-corrected chi connectivity index (χ0v) is 36.7. The summed E-state index contributed by atoms with van der Waals surface area (Å²) >= 11 is 0. The van der Waals surface area contributed by atoms with Crippen LogP contribution in [0.1, 0.15) is 44.0 Å². The van der Waals surface area contributed by atoms with E-state index in [4.69, 9.17) is 5.73 Å². The van der Waals surface area contributed by atoms with E-state index in [1.807, 2.05) is 6.08 Å². The van der Waals surface area contributed by atoms with E-state index >= 15 is 0 Å². The van der Waals surface area contributed by atoms with Crippen molar-refractivity contribution in [2.45, 2.75) is 38.4 Å². The van der Waals surface area contributed by atoms with E-state index in [-0.39, 0.29) is 12.2 Å². The van der Waals surface area contributed by atoms with Crippen LogP contribution in [0.15, 0.2) is 224 Å².